The number of carbonyl (C=O) groups is 1. The van der Waals surface area contributed by atoms with E-state index in [0.29, 0.717) is 43.7 Å². The van der Waals surface area contributed by atoms with E-state index in [-0.39, 0.29) is 30.1 Å². The minimum atomic E-state index is -0.421. The highest BCUT2D eigenvalue weighted by atomic mass is 35.5. The Morgan fingerprint density at radius 3 is 2.80 bits per heavy atom. The van der Waals surface area contributed by atoms with Gasteiger partial charge in [0.1, 0.15) is 6.61 Å². The minimum absolute atomic E-state index is 0.0858. The van der Waals surface area contributed by atoms with Crippen LogP contribution in [0.4, 0.5) is 9.52 Å². The number of carbonyl (C=O) groups excluding carboxylic acids is 1. The third-order valence-electron chi connectivity index (χ3n) is 8.05. The van der Waals surface area contributed by atoms with Gasteiger partial charge in [-0.1, -0.05) is 59.6 Å². The van der Waals surface area contributed by atoms with Crippen LogP contribution in [0.5, 0.6) is 5.75 Å². The van der Waals surface area contributed by atoms with Crippen molar-refractivity contribution in [1.82, 2.24) is 19.7 Å². The first kappa shape index (κ1) is 28.5. The predicted octanol–water partition coefficient (Wildman–Crippen LogP) is 8.15. The molecule has 7 nitrogen and oxygen atoms in total. The molecule has 4 atom stereocenters. The van der Waals surface area contributed by atoms with Crippen molar-refractivity contribution in [3.8, 4) is 17.0 Å². The number of thioether (sulfide) groups is 1. The van der Waals surface area contributed by atoms with Gasteiger partial charge in [-0.3, -0.25) is 9.36 Å². The largest absolute Gasteiger partial charge is 0.483 e. The summed E-state index contributed by atoms with van der Waals surface area (Å²) >= 11 is 14.8. The van der Waals surface area contributed by atoms with Gasteiger partial charge >= 0.3 is 0 Å². The zero-order valence-corrected chi connectivity index (χ0v) is 25.4. The number of para-hydroxylation sites is 1. The number of hydrogen-bond donors (Lipinski definition) is 1. The van der Waals surface area contributed by atoms with Gasteiger partial charge in [-0.2, -0.15) is 0 Å². The van der Waals surface area contributed by atoms with E-state index in [1.54, 1.807) is 30.3 Å². The summed E-state index contributed by atoms with van der Waals surface area (Å²) in [6.45, 7) is 2.29. The van der Waals surface area contributed by atoms with Crippen LogP contribution in [-0.2, 0) is 11.4 Å². The standard InChI is InChI=1S/C29H28Cl2FN5O2S2/c1-16(20-11-17-6-7-18(20)10-17)37-26(13-39-25-5-3-2-4-23(25)32)35-36-29(37)41-15-27(38)34-28-33-24(14-40-28)19-8-9-21(30)22(31)12-19/h2-5,8-9,12,14,16-18,20H,6-7,10-11,13,15H2,1H3,(H,33,34,38). The fraction of sp³-hybridized carbons (Fsp3) is 0.379. The Labute approximate surface area is 255 Å². The fourth-order valence-corrected chi connectivity index (χ4v) is 7.97. The number of amides is 1. The molecule has 41 heavy (non-hydrogen) atoms. The lowest BCUT2D eigenvalue weighted by atomic mass is 9.84. The van der Waals surface area contributed by atoms with Gasteiger partial charge in [-0.25, -0.2) is 9.37 Å². The van der Waals surface area contributed by atoms with Crippen molar-refractivity contribution >= 4 is 57.3 Å². The van der Waals surface area contributed by atoms with Crippen LogP contribution in [0.2, 0.25) is 10.0 Å². The van der Waals surface area contributed by atoms with Crippen LogP contribution in [0.15, 0.2) is 53.0 Å². The average Bonchev–Trinajstić information content (AvgIpc) is 3.77. The van der Waals surface area contributed by atoms with E-state index in [0.717, 1.165) is 11.5 Å². The van der Waals surface area contributed by atoms with Crippen LogP contribution in [-0.4, -0.2) is 31.4 Å². The monoisotopic (exact) mass is 631 g/mol. The van der Waals surface area contributed by atoms with Crippen molar-refractivity contribution in [2.75, 3.05) is 11.1 Å². The molecule has 1 N–H and O–H groups in total. The topological polar surface area (TPSA) is 81.9 Å². The summed E-state index contributed by atoms with van der Waals surface area (Å²) in [7, 11) is 0. The Bertz CT molecular complexity index is 1560. The molecule has 2 aromatic carbocycles. The van der Waals surface area contributed by atoms with E-state index in [1.165, 1.54) is 54.8 Å². The molecule has 2 aliphatic carbocycles. The molecule has 4 unspecified atom stereocenters. The van der Waals surface area contributed by atoms with Gasteiger partial charge in [-0.15, -0.1) is 21.5 Å². The van der Waals surface area contributed by atoms with Gasteiger partial charge in [0.25, 0.3) is 0 Å². The van der Waals surface area contributed by atoms with E-state index >= 15 is 0 Å². The van der Waals surface area contributed by atoms with Gasteiger partial charge in [0.15, 0.2) is 27.7 Å². The first-order valence-electron chi connectivity index (χ1n) is 13.5. The van der Waals surface area contributed by atoms with Gasteiger partial charge < -0.3 is 10.1 Å². The van der Waals surface area contributed by atoms with Gasteiger partial charge in [0.05, 0.1) is 21.5 Å². The number of benzene rings is 2. The molecule has 0 aliphatic heterocycles. The summed E-state index contributed by atoms with van der Waals surface area (Å²) in [5.74, 6) is 2.30. The summed E-state index contributed by atoms with van der Waals surface area (Å²) < 4.78 is 22.1. The molecule has 2 aliphatic rings. The number of nitrogens with one attached hydrogen (secondary N) is 1. The molecule has 214 valence electrons. The van der Waals surface area contributed by atoms with Crippen LogP contribution in [0.3, 0.4) is 0 Å². The van der Waals surface area contributed by atoms with E-state index in [4.69, 9.17) is 27.9 Å². The maximum absolute atomic E-state index is 14.2. The lowest BCUT2D eigenvalue weighted by molar-refractivity contribution is -0.113. The number of rotatable bonds is 10. The molecule has 2 bridgehead atoms. The second-order valence-corrected chi connectivity index (χ2v) is 13.2. The second kappa shape index (κ2) is 12.3. The molecule has 6 rings (SSSR count). The number of anilines is 1. The molecule has 2 aromatic heterocycles. The Morgan fingerprint density at radius 2 is 2.05 bits per heavy atom. The maximum Gasteiger partial charge on any atom is 0.236 e. The fourth-order valence-electron chi connectivity index (χ4n) is 6.10. The number of nitrogens with zero attached hydrogens (tertiary/aromatic N) is 4. The highest BCUT2D eigenvalue weighted by Crippen LogP contribution is 2.52. The molecule has 2 fully saturated rings. The molecule has 0 spiro atoms. The summed E-state index contributed by atoms with van der Waals surface area (Å²) in [5, 5.41) is 15.6. The first-order chi connectivity index (χ1) is 19.9. The van der Waals surface area contributed by atoms with Crippen molar-refractivity contribution in [3.63, 3.8) is 0 Å². The van der Waals surface area contributed by atoms with E-state index in [2.05, 4.69) is 32.0 Å². The molecule has 0 saturated heterocycles. The third-order valence-corrected chi connectivity index (χ3v) is 10.5. The van der Waals surface area contributed by atoms with E-state index in [9.17, 15) is 9.18 Å². The molecule has 12 heteroatoms. The summed E-state index contributed by atoms with van der Waals surface area (Å²) in [4.78, 5) is 17.4. The number of hydrogen-bond acceptors (Lipinski definition) is 7. The average molecular weight is 633 g/mol. The smallest absolute Gasteiger partial charge is 0.236 e. The Kier molecular flexibility index (Phi) is 8.53. The predicted molar refractivity (Wildman–Crippen MR) is 161 cm³/mol. The maximum atomic E-state index is 14.2. The van der Waals surface area contributed by atoms with Gasteiger partial charge in [0.2, 0.25) is 5.91 Å². The van der Waals surface area contributed by atoms with Crippen LogP contribution >= 0.6 is 46.3 Å². The van der Waals surface area contributed by atoms with E-state index in [1.807, 2.05) is 11.4 Å². The Morgan fingerprint density at radius 1 is 1.20 bits per heavy atom. The number of ether oxygens (including phenoxy) is 1. The van der Waals surface area contributed by atoms with Crippen molar-refractivity contribution in [1.29, 1.82) is 0 Å². The molecule has 0 radical (unpaired) electrons. The van der Waals surface area contributed by atoms with Crippen LogP contribution in [0, 0.1) is 23.6 Å². The summed E-state index contributed by atoms with van der Waals surface area (Å²) in [6.07, 6.45) is 5.03. The molecule has 2 saturated carbocycles. The third kappa shape index (κ3) is 6.26. The lowest BCUT2D eigenvalue weighted by Gasteiger charge is -2.30. The lowest BCUT2D eigenvalue weighted by Crippen LogP contribution is -2.25. The SMILES string of the molecule is CC(C1CC2CCC1C2)n1c(COc2ccccc2F)nnc1SCC(=O)Nc1nc(-c2ccc(Cl)c(Cl)c2)cs1. The number of halogens is 3. The van der Waals surface area contributed by atoms with Crippen molar-refractivity contribution < 1.29 is 13.9 Å². The zero-order chi connectivity index (χ0) is 28.5. The Balaban J connectivity index is 1.15. The number of thiazole rings is 1. The highest BCUT2D eigenvalue weighted by Gasteiger charge is 2.43. The number of aromatic nitrogens is 4. The number of fused-ring (bicyclic) bond motifs is 2. The molecular formula is C29H28Cl2FN5O2S2. The minimum Gasteiger partial charge on any atom is -0.483 e. The van der Waals surface area contributed by atoms with Gasteiger partial charge in [0, 0.05) is 17.0 Å². The molecular weight excluding hydrogens is 604 g/mol. The zero-order valence-electron chi connectivity index (χ0n) is 22.2. The van der Waals surface area contributed by atoms with Crippen LogP contribution in [0.25, 0.3) is 11.3 Å². The molecule has 1 amide bonds. The van der Waals surface area contributed by atoms with Crippen molar-refractivity contribution in [2.24, 2.45) is 17.8 Å². The van der Waals surface area contributed by atoms with Crippen LogP contribution < -0.4 is 10.1 Å². The summed E-state index contributed by atoms with van der Waals surface area (Å²) in [5.41, 5.74) is 1.52. The van der Waals surface area contributed by atoms with E-state index < -0.39 is 5.82 Å². The van der Waals surface area contributed by atoms with Gasteiger partial charge in [-0.05, 0) is 68.2 Å². The van der Waals surface area contributed by atoms with Crippen LogP contribution in [0.1, 0.15) is 44.5 Å². The molecule has 2 heterocycles. The second-order valence-electron chi connectivity index (χ2n) is 10.6. The van der Waals surface area contributed by atoms with Crippen molar-refractivity contribution in [3.05, 3.63) is 69.5 Å². The molecule has 4 aromatic rings. The first-order valence-corrected chi connectivity index (χ1v) is 16.1. The quantitative estimate of drug-likeness (QED) is 0.178. The summed E-state index contributed by atoms with van der Waals surface area (Å²) in [6, 6.07) is 11.8. The highest BCUT2D eigenvalue weighted by molar-refractivity contribution is 7.99. The Hall–Kier alpha value is -2.66. The normalized spacial score (nSPS) is 20.3. The van der Waals surface area contributed by atoms with Crippen molar-refractivity contribution in [2.45, 2.75) is 50.4 Å².